The van der Waals surface area contributed by atoms with E-state index in [1.165, 1.54) is 12.8 Å². The van der Waals surface area contributed by atoms with E-state index >= 15 is 0 Å². The lowest BCUT2D eigenvalue weighted by Crippen LogP contribution is -2.33. The monoisotopic (exact) mass is 439 g/mol. The topological polar surface area (TPSA) is 120 Å². The third-order valence-corrected chi connectivity index (χ3v) is 7.05. The molecule has 2 fully saturated rings. The van der Waals surface area contributed by atoms with Crippen LogP contribution < -0.4 is 10.6 Å². The molecule has 5 rings (SSSR count). The molecule has 2 heterocycles. The Hall–Kier alpha value is -2.62. The summed E-state index contributed by atoms with van der Waals surface area (Å²) in [6.45, 7) is 2.48. The van der Waals surface area contributed by atoms with Crippen LogP contribution in [0.1, 0.15) is 25.0 Å². The smallest absolute Gasteiger partial charge is 0.224 e. The summed E-state index contributed by atoms with van der Waals surface area (Å²) in [5.41, 5.74) is 2.44. The van der Waals surface area contributed by atoms with Gasteiger partial charge in [-0.25, -0.2) is 9.97 Å². The van der Waals surface area contributed by atoms with E-state index in [4.69, 9.17) is 9.97 Å². The lowest BCUT2D eigenvalue weighted by molar-refractivity contribution is -0.128. The second-order valence-electron chi connectivity index (χ2n) is 8.38. The number of aliphatic hydroxyl groups excluding tert-OH is 2. The van der Waals surface area contributed by atoms with Crippen molar-refractivity contribution in [3.05, 3.63) is 30.0 Å². The molecule has 0 aliphatic heterocycles. The second kappa shape index (κ2) is 8.14. The maximum Gasteiger partial charge on any atom is 0.224 e. The molecule has 0 unspecified atom stereocenters. The first-order valence-electron chi connectivity index (χ1n) is 10.6. The van der Waals surface area contributed by atoms with Crippen molar-refractivity contribution in [2.24, 2.45) is 11.8 Å². The van der Waals surface area contributed by atoms with Crippen LogP contribution in [0.4, 0.5) is 11.8 Å². The van der Waals surface area contributed by atoms with Gasteiger partial charge in [0, 0.05) is 12.5 Å². The molecule has 0 bridgehead atoms. The van der Waals surface area contributed by atoms with Gasteiger partial charge < -0.3 is 20.8 Å². The molecule has 3 aromatic rings. The number of carbonyl (C=O) groups is 1. The van der Waals surface area contributed by atoms with E-state index in [0.29, 0.717) is 24.1 Å². The fourth-order valence-electron chi connectivity index (χ4n) is 4.02. The number of benzene rings is 1. The van der Waals surface area contributed by atoms with E-state index in [2.05, 4.69) is 15.6 Å². The number of Topliss-reactive ketones (excluding diaryl/α,β-unsaturated/α-hetero) is 1. The molecule has 2 saturated carbocycles. The van der Waals surface area contributed by atoms with E-state index in [0.717, 1.165) is 33.0 Å². The number of thiazole rings is 1. The molecule has 8 nitrogen and oxygen atoms in total. The number of ketones is 1. The third-order valence-electron chi connectivity index (χ3n) is 6.00. The number of aryl methyl sites for hydroxylation is 1. The number of rotatable bonds is 7. The van der Waals surface area contributed by atoms with Crippen LogP contribution in [0.25, 0.3) is 20.8 Å². The van der Waals surface area contributed by atoms with Gasteiger partial charge in [-0.15, -0.1) is 11.3 Å². The summed E-state index contributed by atoms with van der Waals surface area (Å²) in [5, 5.41) is 27.3. The number of para-hydroxylation sites is 1. The lowest BCUT2D eigenvalue weighted by Gasteiger charge is -2.20. The van der Waals surface area contributed by atoms with Gasteiger partial charge in [-0.1, -0.05) is 12.1 Å². The van der Waals surface area contributed by atoms with E-state index in [1.54, 1.807) is 11.3 Å². The van der Waals surface area contributed by atoms with Crippen molar-refractivity contribution < 1.29 is 15.0 Å². The number of nitrogens with zero attached hydrogens (tertiary/aromatic N) is 3. The van der Waals surface area contributed by atoms with E-state index in [1.807, 2.05) is 31.2 Å². The minimum absolute atomic E-state index is 0.268. The zero-order valence-corrected chi connectivity index (χ0v) is 18.0. The van der Waals surface area contributed by atoms with Gasteiger partial charge in [-0.05, 0) is 44.2 Å². The molecule has 0 radical (unpaired) electrons. The average molecular weight is 440 g/mol. The first kappa shape index (κ1) is 20.3. The van der Waals surface area contributed by atoms with Gasteiger partial charge in [0.1, 0.15) is 16.9 Å². The number of hydrogen-bond donors (Lipinski definition) is 4. The summed E-state index contributed by atoms with van der Waals surface area (Å²) in [6, 6.07) is 7.40. The first-order valence-corrected chi connectivity index (χ1v) is 11.4. The first-order chi connectivity index (χ1) is 15.0. The number of aliphatic hydroxyl groups is 2. The van der Waals surface area contributed by atoms with Gasteiger partial charge in [0.2, 0.25) is 5.95 Å². The molecule has 2 aliphatic carbocycles. The van der Waals surface area contributed by atoms with Gasteiger partial charge in [0.05, 0.1) is 34.1 Å². The second-order valence-corrected chi connectivity index (χ2v) is 9.41. The van der Waals surface area contributed by atoms with Crippen LogP contribution in [-0.4, -0.2) is 56.2 Å². The Morgan fingerprint density at radius 3 is 2.71 bits per heavy atom. The van der Waals surface area contributed by atoms with Gasteiger partial charge in [-0.3, -0.25) is 4.79 Å². The minimum atomic E-state index is -1.18. The number of fused-ring (bicyclic) bond motifs is 1. The normalized spacial score (nSPS) is 23.5. The van der Waals surface area contributed by atoms with E-state index < -0.39 is 18.1 Å². The van der Waals surface area contributed by atoms with Crippen molar-refractivity contribution in [1.29, 1.82) is 0 Å². The van der Waals surface area contributed by atoms with Crippen molar-refractivity contribution >= 4 is 39.1 Å². The Balaban J connectivity index is 1.53. The van der Waals surface area contributed by atoms with Crippen molar-refractivity contribution in [2.75, 3.05) is 23.8 Å². The standard InChI is InChI=1S/C22H25N5O3S/c1-11-17(21-26-14-4-2-3-5-16(14)31-21)20(27-22(24-11)23-9-12-6-7-12)25-15-8-13(10-28)18(29)19(15)30/h2-5,12-13,15,19,28,30H,6-10H2,1H3,(H2,23,24,25,27)/t13-,15+,19-/m0/s1. The Labute approximate surface area is 183 Å². The predicted octanol–water partition coefficient (Wildman–Crippen LogP) is 2.61. The van der Waals surface area contributed by atoms with Crippen molar-refractivity contribution in [1.82, 2.24) is 15.0 Å². The maximum atomic E-state index is 12.2. The van der Waals surface area contributed by atoms with Crippen molar-refractivity contribution in [2.45, 2.75) is 38.3 Å². The third kappa shape index (κ3) is 4.00. The van der Waals surface area contributed by atoms with Gasteiger partial charge in [0.15, 0.2) is 5.78 Å². The highest BCUT2D eigenvalue weighted by Crippen LogP contribution is 2.38. The largest absolute Gasteiger partial charge is 0.396 e. The zero-order valence-electron chi connectivity index (χ0n) is 17.2. The number of anilines is 2. The molecule has 0 saturated heterocycles. The number of carbonyl (C=O) groups excluding carboxylic acids is 1. The summed E-state index contributed by atoms with van der Waals surface area (Å²) in [7, 11) is 0. The number of aromatic nitrogens is 3. The SMILES string of the molecule is Cc1nc(NCC2CC2)nc(N[C@@H]2C[C@@H](CO)C(=O)[C@H]2O)c1-c1nc2ccccc2s1. The maximum absolute atomic E-state index is 12.2. The fourth-order valence-corrected chi connectivity index (χ4v) is 5.08. The molecule has 2 aliphatic rings. The molecular formula is C22H25N5O3S. The van der Waals surface area contributed by atoms with E-state index in [9.17, 15) is 15.0 Å². The van der Waals surface area contributed by atoms with Crippen LogP contribution in [0.2, 0.25) is 0 Å². The summed E-state index contributed by atoms with van der Waals surface area (Å²) in [4.78, 5) is 26.3. The van der Waals surface area contributed by atoms with Crippen LogP contribution in [0, 0.1) is 18.8 Å². The molecule has 0 amide bonds. The lowest BCUT2D eigenvalue weighted by atomic mass is 10.1. The highest BCUT2D eigenvalue weighted by atomic mass is 32.1. The molecule has 2 aromatic heterocycles. The Morgan fingerprint density at radius 2 is 2.00 bits per heavy atom. The number of nitrogens with one attached hydrogen (secondary N) is 2. The number of hydrogen-bond acceptors (Lipinski definition) is 9. The van der Waals surface area contributed by atoms with Crippen LogP contribution in [0.15, 0.2) is 24.3 Å². The molecular weight excluding hydrogens is 414 g/mol. The van der Waals surface area contributed by atoms with Crippen LogP contribution in [0.3, 0.4) is 0 Å². The fraction of sp³-hybridized carbons (Fsp3) is 0.455. The van der Waals surface area contributed by atoms with E-state index in [-0.39, 0.29) is 12.4 Å². The molecule has 3 atom stereocenters. The van der Waals surface area contributed by atoms with Crippen LogP contribution >= 0.6 is 11.3 Å². The Morgan fingerprint density at radius 1 is 1.19 bits per heavy atom. The van der Waals surface area contributed by atoms with Crippen LogP contribution in [-0.2, 0) is 4.79 Å². The summed E-state index contributed by atoms with van der Waals surface area (Å²) in [6.07, 6.45) is 1.61. The molecule has 4 N–H and O–H groups in total. The molecule has 1 aromatic carbocycles. The zero-order chi connectivity index (χ0) is 21.5. The molecule has 162 valence electrons. The van der Waals surface area contributed by atoms with Gasteiger partial charge >= 0.3 is 0 Å². The molecule has 0 spiro atoms. The average Bonchev–Trinajstić information content (AvgIpc) is 3.44. The Bertz CT molecular complexity index is 1100. The van der Waals surface area contributed by atoms with Crippen molar-refractivity contribution in [3.8, 4) is 10.6 Å². The van der Waals surface area contributed by atoms with Gasteiger partial charge in [0.25, 0.3) is 0 Å². The van der Waals surface area contributed by atoms with Crippen molar-refractivity contribution in [3.63, 3.8) is 0 Å². The highest BCUT2D eigenvalue weighted by molar-refractivity contribution is 7.21. The molecule has 31 heavy (non-hydrogen) atoms. The Kier molecular flexibility index (Phi) is 5.33. The minimum Gasteiger partial charge on any atom is -0.396 e. The summed E-state index contributed by atoms with van der Waals surface area (Å²) < 4.78 is 1.07. The molecule has 9 heteroatoms. The summed E-state index contributed by atoms with van der Waals surface area (Å²) >= 11 is 1.56. The highest BCUT2D eigenvalue weighted by Gasteiger charge is 2.41. The predicted molar refractivity (Wildman–Crippen MR) is 120 cm³/mol. The van der Waals surface area contributed by atoms with Gasteiger partial charge in [-0.2, -0.15) is 4.98 Å². The van der Waals surface area contributed by atoms with Crippen LogP contribution in [0.5, 0.6) is 0 Å². The quantitative estimate of drug-likeness (QED) is 0.443. The summed E-state index contributed by atoms with van der Waals surface area (Å²) in [5.74, 6) is 0.839.